The van der Waals surface area contributed by atoms with Crippen LogP contribution in [0.25, 0.3) is 0 Å². The van der Waals surface area contributed by atoms with Gasteiger partial charge in [0.2, 0.25) is 5.91 Å². The van der Waals surface area contributed by atoms with Crippen molar-refractivity contribution in [1.29, 1.82) is 0 Å². The summed E-state index contributed by atoms with van der Waals surface area (Å²) < 4.78 is 10.7. The highest BCUT2D eigenvalue weighted by Gasteiger charge is 2.61. The zero-order valence-corrected chi connectivity index (χ0v) is 20.7. The number of imide groups is 1. The quantitative estimate of drug-likeness (QED) is 0.278. The van der Waals surface area contributed by atoms with Gasteiger partial charge in [-0.25, -0.2) is 9.96 Å². The molecule has 0 saturated carbocycles. The lowest BCUT2D eigenvalue weighted by Crippen LogP contribution is -2.38. The number of aryl methyl sites for hydroxylation is 2. The first-order chi connectivity index (χ1) is 17.8. The lowest BCUT2D eigenvalue weighted by atomic mass is 9.89. The topological polar surface area (TPSA) is 111 Å². The fraction of sp³-hybridized carbons (Fsp3) is 0.259. The van der Waals surface area contributed by atoms with Gasteiger partial charge in [-0.2, -0.15) is 0 Å². The van der Waals surface area contributed by atoms with Crippen LogP contribution in [0.5, 0.6) is 11.5 Å². The molecule has 2 fully saturated rings. The molecule has 190 valence electrons. The van der Waals surface area contributed by atoms with Crippen LogP contribution in [0.2, 0.25) is 0 Å². The van der Waals surface area contributed by atoms with Gasteiger partial charge < -0.3 is 9.47 Å². The zero-order chi connectivity index (χ0) is 26.4. The number of fused-ring (bicyclic) bond motifs is 1. The number of methoxy groups -OCH3 is 2. The molecule has 0 N–H and O–H groups in total. The summed E-state index contributed by atoms with van der Waals surface area (Å²) in [5.74, 6) is -1.62. The van der Waals surface area contributed by atoms with E-state index < -0.39 is 34.8 Å². The summed E-state index contributed by atoms with van der Waals surface area (Å²) in [5.41, 5.74) is 2.65. The maximum Gasteiger partial charge on any atom is 0.278 e. The van der Waals surface area contributed by atoms with Gasteiger partial charge in [0, 0.05) is 0 Å². The Morgan fingerprint density at radius 1 is 0.919 bits per heavy atom. The number of hydrogen-bond acceptors (Lipinski definition) is 8. The van der Waals surface area contributed by atoms with Crippen LogP contribution >= 0.6 is 0 Å². The van der Waals surface area contributed by atoms with Crippen LogP contribution in [-0.4, -0.2) is 37.1 Å². The van der Waals surface area contributed by atoms with Gasteiger partial charge >= 0.3 is 0 Å². The van der Waals surface area contributed by atoms with E-state index in [1.807, 2.05) is 32.0 Å². The van der Waals surface area contributed by atoms with Crippen molar-refractivity contribution in [2.24, 2.45) is 5.92 Å². The van der Waals surface area contributed by atoms with E-state index >= 15 is 0 Å². The first-order valence-corrected chi connectivity index (χ1v) is 11.6. The predicted molar refractivity (Wildman–Crippen MR) is 135 cm³/mol. The first-order valence-electron chi connectivity index (χ1n) is 11.6. The number of nitro groups is 1. The molecule has 0 bridgehead atoms. The number of hydroxylamine groups is 1. The summed E-state index contributed by atoms with van der Waals surface area (Å²) in [6.45, 7) is 3.75. The first kappa shape index (κ1) is 24.3. The third-order valence-electron chi connectivity index (χ3n) is 6.77. The fourth-order valence-corrected chi connectivity index (χ4v) is 5.10. The van der Waals surface area contributed by atoms with E-state index in [1.165, 1.54) is 31.4 Å². The van der Waals surface area contributed by atoms with Gasteiger partial charge in [-0.1, -0.05) is 35.9 Å². The SMILES string of the molecule is COc1cc([C@H]2[C@H]3C(=O)N(c4ccc(C)cc4C)C(=O)[C@@H]3ON2c2ccccc2)c([N+](=O)[O-])cc1OC. The third kappa shape index (κ3) is 3.86. The van der Waals surface area contributed by atoms with Crippen molar-refractivity contribution in [2.75, 3.05) is 24.2 Å². The number of hydrogen-bond donors (Lipinski definition) is 0. The van der Waals surface area contributed by atoms with Crippen LogP contribution in [0.1, 0.15) is 22.7 Å². The van der Waals surface area contributed by atoms with Crippen molar-refractivity contribution in [1.82, 2.24) is 0 Å². The molecule has 3 atom stereocenters. The second-order valence-corrected chi connectivity index (χ2v) is 8.98. The summed E-state index contributed by atoms with van der Waals surface area (Å²) >= 11 is 0. The number of amides is 2. The van der Waals surface area contributed by atoms with Crippen LogP contribution < -0.4 is 19.4 Å². The van der Waals surface area contributed by atoms with Crippen molar-refractivity contribution in [3.63, 3.8) is 0 Å². The highest BCUT2D eigenvalue weighted by atomic mass is 16.7. The Morgan fingerprint density at radius 3 is 2.22 bits per heavy atom. The number of nitro benzene ring substituents is 1. The zero-order valence-electron chi connectivity index (χ0n) is 20.7. The van der Waals surface area contributed by atoms with Gasteiger partial charge in [0.15, 0.2) is 17.6 Å². The molecule has 10 heteroatoms. The summed E-state index contributed by atoms with van der Waals surface area (Å²) in [4.78, 5) is 46.4. The minimum absolute atomic E-state index is 0.169. The Hall–Kier alpha value is -4.44. The number of carbonyl (C=O) groups is 2. The number of para-hydroxylation sites is 1. The number of anilines is 2. The molecule has 2 aliphatic rings. The molecule has 2 saturated heterocycles. The van der Waals surface area contributed by atoms with Gasteiger partial charge in [-0.3, -0.25) is 24.5 Å². The Morgan fingerprint density at radius 2 is 1.59 bits per heavy atom. The monoisotopic (exact) mass is 503 g/mol. The second-order valence-electron chi connectivity index (χ2n) is 8.98. The van der Waals surface area contributed by atoms with Crippen molar-refractivity contribution in [2.45, 2.75) is 26.0 Å². The number of rotatable bonds is 6. The molecule has 0 unspecified atom stereocenters. The van der Waals surface area contributed by atoms with E-state index in [9.17, 15) is 19.7 Å². The van der Waals surface area contributed by atoms with E-state index in [0.717, 1.165) is 16.0 Å². The fourth-order valence-electron chi connectivity index (χ4n) is 5.10. The Balaban J connectivity index is 1.69. The minimum Gasteiger partial charge on any atom is -0.493 e. The van der Waals surface area contributed by atoms with Crippen molar-refractivity contribution in [3.05, 3.63) is 87.5 Å². The van der Waals surface area contributed by atoms with Gasteiger partial charge in [-0.05, 0) is 43.7 Å². The minimum atomic E-state index is -1.16. The second kappa shape index (κ2) is 9.21. The summed E-state index contributed by atoms with van der Waals surface area (Å²) in [6.07, 6.45) is -1.16. The Labute approximate surface area is 213 Å². The lowest BCUT2D eigenvalue weighted by molar-refractivity contribution is -0.385. The molecule has 3 aromatic rings. The highest BCUT2D eigenvalue weighted by molar-refractivity contribution is 6.24. The van der Waals surface area contributed by atoms with Crippen LogP contribution in [-0.2, 0) is 14.4 Å². The molecule has 0 spiro atoms. The highest BCUT2D eigenvalue weighted by Crippen LogP contribution is 2.51. The maximum absolute atomic E-state index is 13.9. The Kier molecular flexibility index (Phi) is 6.04. The van der Waals surface area contributed by atoms with Crippen LogP contribution in [0.15, 0.2) is 60.7 Å². The van der Waals surface area contributed by atoms with Crippen molar-refractivity contribution in [3.8, 4) is 11.5 Å². The summed E-state index contributed by atoms with van der Waals surface area (Å²) in [7, 11) is 2.80. The number of nitrogens with zero attached hydrogens (tertiary/aromatic N) is 3. The summed E-state index contributed by atoms with van der Waals surface area (Å²) in [5, 5.41) is 13.6. The van der Waals surface area contributed by atoms with Crippen LogP contribution in [0.4, 0.5) is 17.1 Å². The summed E-state index contributed by atoms with van der Waals surface area (Å²) in [6, 6.07) is 16.0. The molecule has 3 aromatic carbocycles. The average Bonchev–Trinajstić information content (AvgIpc) is 3.39. The Bertz CT molecular complexity index is 1410. The molecular weight excluding hydrogens is 478 g/mol. The number of carbonyl (C=O) groups excluding carboxylic acids is 2. The van der Waals surface area contributed by atoms with Crippen LogP contribution in [0, 0.1) is 29.9 Å². The molecule has 0 radical (unpaired) electrons. The molecule has 10 nitrogen and oxygen atoms in total. The van der Waals surface area contributed by atoms with E-state index in [2.05, 4.69) is 0 Å². The standard InChI is InChI=1S/C27H25N3O7/c1-15-10-11-19(16(2)12-15)28-26(31)23-24(18-13-21(35-3)22(36-4)14-20(18)30(33)34)29(37-25(23)27(28)32)17-8-6-5-7-9-17/h5-14,23-25H,1-4H3/t23-,24+,25-/m1/s1. The van der Waals surface area contributed by atoms with Crippen molar-refractivity contribution < 1.29 is 28.8 Å². The van der Waals surface area contributed by atoms with Crippen molar-refractivity contribution >= 4 is 28.9 Å². The maximum atomic E-state index is 13.9. The normalized spacial score (nSPS) is 20.8. The molecule has 0 aromatic heterocycles. The van der Waals surface area contributed by atoms with Crippen LogP contribution in [0.3, 0.4) is 0 Å². The molecular formula is C27H25N3O7. The van der Waals surface area contributed by atoms with E-state index in [0.29, 0.717) is 11.4 Å². The smallest absolute Gasteiger partial charge is 0.278 e. The van der Waals surface area contributed by atoms with E-state index in [4.69, 9.17) is 14.3 Å². The van der Waals surface area contributed by atoms with E-state index in [1.54, 1.807) is 30.3 Å². The average molecular weight is 504 g/mol. The third-order valence-corrected chi connectivity index (χ3v) is 6.77. The predicted octanol–water partition coefficient (Wildman–Crippen LogP) is 4.28. The van der Waals surface area contributed by atoms with Gasteiger partial charge in [0.25, 0.3) is 11.6 Å². The molecule has 5 rings (SSSR count). The van der Waals surface area contributed by atoms with Gasteiger partial charge in [-0.15, -0.1) is 0 Å². The molecule has 2 heterocycles. The molecule has 2 aliphatic heterocycles. The van der Waals surface area contributed by atoms with Gasteiger partial charge in [0.1, 0.15) is 12.0 Å². The number of benzene rings is 3. The van der Waals surface area contributed by atoms with E-state index in [-0.39, 0.29) is 22.7 Å². The van der Waals surface area contributed by atoms with Gasteiger partial charge in [0.05, 0.1) is 42.1 Å². The molecule has 0 aliphatic carbocycles. The lowest BCUT2D eigenvalue weighted by Gasteiger charge is -2.29. The molecule has 2 amide bonds. The number of ether oxygens (including phenoxy) is 2. The molecule has 37 heavy (non-hydrogen) atoms. The largest absolute Gasteiger partial charge is 0.493 e.